The van der Waals surface area contributed by atoms with Crippen LogP contribution in [0.2, 0.25) is 0 Å². The third kappa shape index (κ3) is 2.44. The predicted molar refractivity (Wildman–Crippen MR) is 71.2 cm³/mol. The summed E-state index contributed by atoms with van der Waals surface area (Å²) in [5.41, 5.74) is 0. The summed E-state index contributed by atoms with van der Waals surface area (Å²) in [5.74, 6) is 1.67. The fourth-order valence-electron chi connectivity index (χ4n) is 1.42. The van der Waals surface area contributed by atoms with E-state index in [9.17, 15) is 0 Å². The molecule has 0 spiro atoms. The minimum atomic E-state index is 0.641. The fraction of sp³-hybridized carbons (Fsp3) is 0.400. The third-order valence-electron chi connectivity index (χ3n) is 2.42. The fourth-order valence-corrected chi connectivity index (χ4v) is 3.45. The molecule has 3 nitrogen and oxygen atoms in total. The zero-order chi connectivity index (χ0) is 11.0. The Labute approximate surface area is 110 Å². The molecule has 0 bridgehead atoms. The van der Waals surface area contributed by atoms with E-state index in [4.69, 9.17) is 0 Å². The summed E-state index contributed by atoms with van der Waals surface area (Å²) >= 11 is 6.65. The Bertz CT molecular complexity index is 490. The van der Waals surface area contributed by atoms with Crippen molar-refractivity contribution in [1.82, 2.24) is 9.36 Å². The molecule has 3 rings (SSSR count). The molecule has 0 atom stereocenters. The topological polar surface area (TPSA) is 37.8 Å². The van der Waals surface area contributed by atoms with Crippen LogP contribution < -0.4 is 5.32 Å². The molecule has 0 radical (unpaired) electrons. The van der Waals surface area contributed by atoms with Gasteiger partial charge in [-0.3, -0.25) is 0 Å². The van der Waals surface area contributed by atoms with Crippen LogP contribution in [0.15, 0.2) is 15.9 Å². The summed E-state index contributed by atoms with van der Waals surface area (Å²) in [5, 5.41) is 6.34. The number of rotatable bonds is 4. The Balaban J connectivity index is 1.61. The average Bonchev–Trinajstić information content (AvgIpc) is 2.87. The highest BCUT2D eigenvalue weighted by Crippen LogP contribution is 2.39. The summed E-state index contributed by atoms with van der Waals surface area (Å²) in [6.45, 7) is 0.829. The van der Waals surface area contributed by atoms with E-state index >= 15 is 0 Å². The van der Waals surface area contributed by atoms with E-state index in [0.29, 0.717) is 5.92 Å². The molecule has 1 aliphatic rings. The van der Waals surface area contributed by atoms with Crippen molar-refractivity contribution in [2.75, 3.05) is 5.32 Å². The second-order valence-electron chi connectivity index (χ2n) is 3.82. The second kappa shape index (κ2) is 4.43. The van der Waals surface area contributed by atoms with E-state index in [1.54, 1.807) is 11.3 Å². The van der Waals surface area contributed by atoms with E-state index < -0.39 is 0 Å². The van der Waals surface area contributed by atoms with E-state index in [0.717, 1.165) is 22.0 Å². The molecule has 2 heterocycles. The van der Waals surface area contributed by atoms with Gasteiger partial charge in [0.2, 0.25) is 5.13 Å². The minimum Gasteiger partial charge on any atom is -0.355 e. The van der Waals surface area contributed by atoms with Crippen LogP contribution in [0.3, 0.4) is 0 Å². The van der Waals surface area contributed by atoms with Gasteiger partial charge in [0.05, 0.1) is 6.54 Å². The maximum Gasteiger partial charge on any atom is 0.202 e. The van der Waals surface area contributed by atoms with Gasteiger partial charge < -0.3 is 5.32 Å². The van der Waals surface area contributed by atoms with Gasteiger partial charge in [0.1, 0.15) is 5.82 Å². The number of nitrogens with zero attached hydrogens (tertiary/aromatic N) is 2. The summed E-state index contributed by atoms with van der Waals surface area (Å²) in [6, 6.07) is 2.13. The van der Waals surface area contributed by atoms with Gasteiger partial charge in [-0.25, -0.2) is 4.98 Å². The molecule has 1 fully saturated rings. The van der Waals surface area contributed by atoms with Crippen LogP contribution in [-0.2, 0) is 6.54 Å². The number of nitrogens with one attached hydrogen (secondary N) is 1. The van der Waals surface area contributed by atoms with Gasteiger partial charge in [-0.2, -0.15) is 4.37 Å². The van der Waals surface area contributed by atoms with E-state index in [2.05, 4.69) is 42.1 Å². The maximum atomic E-state index is 4.48. The first-order valence-corrected chi connectivity index (χ1v) is 7.56. The van der Waals surface area contributed by atoms with Crippen molar-refractivity contribution in [2.24, 2.45) is 0 Å². The molecule has 16 heavy (non-hydrogen) atoms. The van der Waals surface area contributed by atoms with Gasteiger partial charge >= 0.3 is 0 Å². The zero-order valence-electron chi connectivity index (χ0n) is 8.44. The second-order valence-corrected chi connectivity index (χ2v) is 6.48. The lowest BCUT2D eigenvalue weighted by molar-refractivity contribution is 0.981. The summed E-state index contributed by atoms with van der Waals surface area (Å²) < 4.78 is 5.50. The molecule has 0 unspecified atom stereocenters. The van der Waals surface area contributed by atoms with Crippen LogP contribution in [0, 0.1) is 0 Å². The molecule has 0 aliphatic heterocycles. The molecule has 0 amide bonds. The lowest BCUT2D eigenvalue weighted by Crippen LogP contribution is -1.96. The smallest absolute Gasteiger partial charge is 0.202 e. The molecule has 2 aromatic rings. The highest BCUT2D eigenvalue weighted by atomic mass is 79.9. The van der Waals surface area contributed by atoms with Crippen molar-refractivity contribution in [3.05, 3.63) is 26.6 Å². The van der Waals surface area contributed by atoms with Crippen molar-refractivity contribution < 1.29 is 0 Å². The number of anilines is 1. The molecular weight excluding hydrogens is 306 g/mol. The van der Waals surface area contributed by atoms with Crippen molar-refractivity contribution >= 4 is 43.9 Å². The molecule has 84 valence electrons. The van der Waals surface area contributed by atoms with E-state index in [-0.39, 0.29) is 0 Å². The molecule has 0 aromatic carbocycles. The Morgan fingerprint density at radius 2 is 2.38 bits per heavy atom. The standard InChI is InChI=1S/C10H10BrN3S2/c11-7-3-8(15-5-7)4-12-10-13-9(14-16-10)6-1-2-6/h3,5-6H,1-2,4H2,(H,12,13,14). The van der Waals surface area contributed by atoms with Crippen LogP contribution in [0.4, 0.5) is 5.13 Å². The molecule has 1 N–H and O–H groups in total. The van der Waals surface area contributed by atoms with Crippen molar-refractivity contribution in [3.8, 4) is 0 Å². The molecule has 0 saturated heterocycles. The molecule has 1 saturated carbocycles. The number of aromatic nitrogens is 2. The zero-order valence-corrected chi connectivity index (χ0v) is 11.7. The Morgan fingerprint density at radius 3 is 3.06 bits per heavy atom. The first-order chi connectivity index (χ1) is 7.81. The Kier molecular flexibility index (Phi) is 2.95. The van der Waals surface area contributed by atoms with Crippen molar-refractivity contribution in [3.63, 3.8) is 0 Å². The average molecular weight is 316 g/mol. The normalized spacial score (nSPS) is 15.3. The van der Waals surface area contributed by atoms with Crippen LogP contribution in [0.25, 0.3) is 0 Å². The molecule has 6 heteroatoms. The van der Waals surface area contributed by atoms with Crippen molar-refractivity contribution in [1.29, 1.82) is 0 Å². The van der Waals surface area contributed by atoms with Gasteiger partial charge in [0.25, 0.3) is 0 Å². The van der Waals surface area contributed by atoms with Crippen LogP contribution in [0.5, 0.6) is 0 Å². The van der Waals surface area contributed by atoms with Gasteiger partial charge in [0.15, 0.2) is 0 Å². The number of hydrogen-bond donors (Lipinski definition) is 1. The first-order valence-electron chi connectivity index (χ1n) is 5.11. The maximum absolute atomic E-state index is 4.48. The lowest BCUT2D eigenvalue weighted by Gasteiger charge is -1.97. The van der Waals surface area contributed by atoms with Gasteiger partial charge in [-0.15, -0.1) is 11.3 Å². The highest BCUT2D eigenvalue weighted by Gasteiger charge is 2.27. The highest BCUT2D eigenvalue weighted by molar-refractivity contribution is 9.10. The Hall–Kier alpha value is -0.460. The third-order valence-corrected chi connectivity index (χ3v) is 4.80. The lowest BCUT2D eigenvalue weighted by atomic mass is 10.4. The summed E-state index contributed by atoms with van der Waals surface area (Å²) in [4.78, 5) is 5.78. The van der Waals surface area contributed by atoms with Crippen LogP contribution in [-0.4, -0.2) is 9.36 Å². The van der Waals surface area contributed by atoms with E-state index in [1.165, 1.54) is 29.3 Å². The number of halogens is 1. The monoisotopic (exact) mass is 315 g/mol. The van der Waals surface area contributed by atoms with Gasteiger partial charge in [-0.1, -0.05) is 0 Å². The Morgan fingerprint density at radius 1 is 1.50 bits per heavy atom. The van der Waals surface area contributed by atoms with Crippen LogP contribution >= 0.6 is 38.8 Å². The molecule has 1 aliphatic carbocycles. The van der Waals surface area contributed by atoms with Gasteiger partial charge in [0, 0.05) is 32.2 Å². The SMILES string of the molecule is Brc1csc(CNc2nc(C3CC3)ns2)c1. The quantitative estimate of drug-likeness (QED) is 0.931. The van der Waals surface area contributed by atoms with Crippen molar-refractivity contribution in [2.45, 2.75) is 25.3 Å². The van der Waals surface area contributed by atoms with Crippen LogP contribution in [0.1, 0.15) is 29.5 Å². The first kappa shape index (κ1) is 10.7. The molecule has 2 aromatic heterocycles. The van der Waals surface area contributed by atoms with Gasteiger partial charge in [-0.05, 0) is 34.8 Å². The number of thiophene rings is 1. The largest absolute Gasteiger partial charge is 0.355 e. The number of hydrogen-bond acceptors (Lipinski definition) is 5. The van der Waals surface area contributed by atoms with E-state index in [1.807, 2.05) is 0 Å². The summed E-state index contributed by atoms with van der Waals surface area (Å²) in [6.07, 6.45) is 2.52. The minimum absolute atomic E-state index is 0.641. The summed E-state index contributed by atoms with van der Waals surface area (Å²) in [7, 11) is 0. The molecular formula is C10H10BrN3S2. The predicted octanol–water partition coefficient (Wildman–Crippen LogP) is 3.85.